The lowest BCUT2D eigenvalue weighted by Crippen LogP contribution is -2.30. The van der Waals surface area contributed by atoms with Crippen LogP contribution in [0.3, 0.4) is 0 Å². The van der Waals surface area contributed by atoms with E-state index in [0.717, 1.165) is 0 Å². The molecule has 7 heteroatoms. The second-order valence-electron chi connectivity index (χ2n) is 3.52. The van der Waals surface area contributed by atoms with Gasteiger partial charge in [-0.05, 0) is 18.2 Å². The van der Waals surface area contributed by atoms with E-state index in [2.05, 4.69) is 5.32 Å². The van der Waals surface area contributed by atoms with E-state index in [1.54, 1.807) is 6.07 Å². The summed E-state index contributed by atoms with van der Waals surface area (Å²) < 4.78 is 0. The number of halogens is 2. The number of aliphatic hydroxyl groups excluding tert-OH is 1. The number of carbonyl (C=O) groups is 2. The lowest BCUT2D eigenvalue weighted by atomic mass is 10.2. The molecule has 1 aromatic rings. The zero-order valence-corrected chi connectivity index (χ0v) is 10.7. The van der Waals surface area contributed by atoms with Crippen molar-refractivity contribution in [2.24, 2.45) is 0 Å². The number of benzene rings is 1. The molecule has 18 heavy (non-hydrogen) atoms. The zero-order chi connectivity index (χ0) is 13.7. The van der Waals surface area contributed by atoms with E-state index in [-0.39, 0.29) is 23.6 Å². The van der Waals surface area contributed by atoms with E-state index >= 15 is 0 Å². The molecule has 0 aliphatic rings. The third-order valence-electron chi connectivity index (χ3n) is 2.16. The first kappa shape index (κ1) is 14.8. The predicted molar refractivity (Wildman–Crippen MR) is 67.1 cm³/mol. The summed E-state index contributed by atoms with van der Waals surface area (Å²) in [5.74, 6) is -1.80. The van der Waals surface area contributed by atoms with Crippen molar-refractivity contribution in [3.8, 4) is 0 Å². The molecule has 0 saturated carbocycles. The van der Waals surface area contributed by atoms with Crippen LogP contribution in [0.1, 0.15) is 16.8 Å². The van der Waals surface area contributed by atoms with E-state index in [1.165, 1.54) is 12.1 Å². The quantitative estimate of drug-likeness (QED) is 0.768. The fourth-order valence-corrected chi connectivity index (χ4v) is 1.59. The van der Waals surface area contributed by atoms with Crippen molar-refractivity contribution < 1.29 is 19.8 Å². The molecule has 0 unspecified atom stereocenters. The van der Waals surface area contributed by atoms with Crippen molar-refractivity contribution in [1.29, 1.82) is 0 Å². The Morgan fingerprint density at radius 3 is 2.61 bits per heavy atom. The first-order chi connectivity index (χ1) is 8.41. The van der Waals surface area contributed by atoms with Crippen LogP contribution in [0.2, 0.25) is 10.0 Å². The number of hydrogen-bond donors (Lipinski definition) is 3. The third-order valence-corrected chi connectivity index (χ3v) is 2.73. The van der Waals surface area contributed by atoms with Crippen LogP contribution in [-0.2, 0) is 4.79 Å². The highest BCUT2D eigenvalue weighted by molar-refractivity contribution is 6.35. The van der Waals surface area contributed by atoms with Gasteiger partial charge in [0, 0.05) is 18.0 Å². The highest BCUT2D eigenvalue weighted by atomic mass is 35.5. The summed E-state index contributed by atoms with van der Waals surface area (Å²) in [7, 11) is 0. The van der Waals surface area contributed by atoms with Gasteiger partial charge in [-0.1, -0.05) is 23.2 Å². The number of carboxylic acid groups (broad SMARTS) is 1. The number of hydrogen-bond acceptors (Lipinski definition) is 3. The molecule has 1 atom stereocenters. The van der Waals surface area contributed by atoms with Crippen LogP contribution in [0.5, 0.6) is 0 Å². The molecule has 0 fully saturated rings. The summed E-state index contributed by atoms with van der Waals surface area (Å²) in [4.78, 5) is 22.0. The molecule has 5 nitrogen and oxygen atoms in total. The van der Waals surface area contributed by atoms with Gasteiger partial charge in [0.15, 0.2) is 6.10 Å². The summed E-state index contributed by atoms with van der Waals surface area (Å²) in [5, 5.41) is 20.5. The van der Waals surface area contributed by atoms with Crippen molar-refractivity contribution in [1.82, 2.24) is 5.32 Å². The minimum atomic E-state index is -1.50. The van der Waals surface area contributed by atoms with Crippen LogP contribution in [-0.4, -0.2) is 34.7 Å². The second kappa shape index (κ2) is 6.58. The van der Waals surface area contributed by atoms with Crippen molar-refractivity contribution in [3.05, 3.63) is 33.8 Å². The van der Waals surface area contributed by atoms with E-state index in [1.807, 2.05) is 0 Å². The molecule has 0 spiro atoms. The SMILES string of the molecule is O=C(NCC[C@H](O)C(=O)O)c1cc(Cl)ccc1Cl. The molecular weight excluding hydrogens is 281 g/mol. The molecule has 0 aliphatic heterocycles. The van der Waals surface area contributed by atoms with E-state index in [9.17, 15) is 9.59 Å². The Bertz CT molecular complexity index is 464. The van der Waals surface area contributed by atoms with Gasteiger partial charge in [0.1, 0.15) is 0 Å². The van der Waals surface area contributed by atoms with Gasteiger partial charge in [0.2, 0.25) is 0 Å². The average Bonchev–Trinajstić information content (AvgIpc) is 2.31. The smallest absolute Gasteiger partial charge is 0.332 e. The molecule has 3 N–H and O–H groups in total. The Labute approximate surface area is 113 Å². The predicted octanol–water partition coefficient (Wildman–Crippen LogP) is 1.56. The van der Waals surface area contributed by atoms with Crippen LogP contribution < -0.4 is 5.32 Å². The van der Waals surface area contributed by atoms with Crippen LogP contribution in [0.15, 0.2) is 18.2 Å². The van der Waals surface area contributed by atoms with Gasteiger partial charge in [-0.2, -0.15) is 0 Å². The molecule has 0 saturated heterocycles. The molecule has 0 aliphatic carbocycles. The number of carbonyl (C=O) groups excluding carboxylic acids is 1. The highest BCUT2D eigenvalue weighted by Crippen LogP contribution is 2.20. The molecule has 1 amide bonds. The van der Waals surface area contributed by atoms with Gasteiger partial charge in [-0.25, -0.2) is 4.79 Å². The Morgan fingerprint density at radius 2 is 2.00 bits per heavy atom. The average molecular weight is 292 g/mol. The third kappa shape index (κ3) is 4.18. The number of aliphatic hydroxyl groups is 1. The van der Waals surface area contributed by atoms with Gasteiger partial charge < -0.3 is 15.5 Å². The van der Waals surface area contributed by atoms with Crippen LogP contribution >= 0.6 is 23.2 Å². The van der Waals surface area contributed by atoms with Gasteiger partial charge in [-0.15, -0.1) is 0 Å². The first-order valence-electron chi connectivity index (χ1n) is 5.06. The summed E-state index contributed by atoms with van der Waals surface area (Å²) in [6, 6.07) is 4.45. The maximum Gasteiger partial charge on any atom is 0.332 e. The molecule has 0 heterocycles. The number of nitrogens with one attached hydrogen (secondary N) is 1. The molecule has 1 rings (SSSR count). The Kier molecular flexibility index (Phi) is 5.40. The van der Waals surface area contributed by atoms with Crippen molar-refractivity contribution >= 4 is 35.1 Å². The number of amides is 1. The van der Waals surface area contributed by atoms with E-state index < -0.39 is 18.0 Å². The minimum absolute atomic E-state index is 0.0230. The standard InChI is InChI=1S/C11H11Cl2NO4/c12-6-1-2-8(13)7(5-6)10(16)14-4-3-9(15)11(17)18/h1-2,5,9,15H,3-4H2,(H,14,16)(H,17,18)/t9-/m0/s1. The monoisotopic (exact) mass is 291 g/mol. The summed E-state index contributed by atoms with van der Waals surface area (Å²) in [6.45, 7) is 0.0230. The van der Waals surface area contributed by atoms with Gasteiger partial charge >= 0.3 is 5.97 Å². The van der Waals surface area contributed by atoms with E-state index in [0.29, 0.717) is 5.02 Å². The van der Waals surface area contributed by atoms with Crippen LogP contribution in [0.4, 0.5) is 0 Å². The molecule has 0 bridgehead atoms. The molecule has 1 aromatic carbocycles. The van der Waals surface area contributed by atoms with Gasteiger partial charge in [0.05, 0.1) is 10.6 Å². The Hall–Kier alpha value is -1.30. The highest BCUT2D eigenvalue weighted by Gasteiger charge is 2.14. The topological polar surface area (TPSA) is 86.6 Å². The maximum absolute atomic E-state index is 11.7. The van der Waals surface area contributed by atoms with Crippen molar-refractivity contribution in [3.63, 3.8) is 0 Å². The van der Waals surface area contributed by atoms with Crippen LogP contribution in [0.25, 0.3) is 0 Å². The maximum atomic E-state index is 11.7. The lowest BCUT2D eigenvalue weighted by Gasteiger charge is -2.08. The van der Waals surface area contributed by atoms with E-state index in [4.69, 9.17) is 33.4 Å². The zero-order valence-electron chi connectivity index (χ0n) is 9.19. The fraction of sp³-hybridized carbons (Fsp3) is 0.273. The molecule has 0 aromatic heterocycles. The Balaban J connectivity index is 2.55. The Morgan fingerprint density at radius 1 is 1.33 bits per heavy atom. The number of aliphatic carboxylic acids is 1. The minimum Gasteiger partial charge on any atom is -0.479 e. The lowest BCUT2D eigenvalue weighted by molar-refractivity contribution is -0.146. The molecular formula is C11H11Cl2NO4. The molecule has 0 radical (unpaired) electrons. The van der Waals surface area contributed by atoms with Crippen LogP contribution in [0, 0.1) is 0 Å². The van der Waals surface area contributed by atoms with Gasteiger partial charge in [-0.3, -0.25) is 4.79 Å². The summed E-state index contributed by atoms with van der Waals surface area (Å²) in [5.41, 5.74) is 0.203. The normalized spacial score (nSPS) is 11.9. The summed E-state index contributed by atoms with van der Waals surface area (Å²) >= 11 is 11.6. The second-order valence-corrected chi connectivity index (χ2v) is 4.37. The fourth-order valence-electron chi connectivity index (χ4n) is 1.21. The number of carboxylic acids is 1. The van der Waals surface area contributed by atoms with Gasteiger partial charge in [0.25, 0.3) is 5.91 Å². The molecule has 98 valence electrons. The summed E-state index contributed by atoms with van der Waals surface area (Å²) in [6.07, 6.45) is -1.58. The largest absolute Gasteiger partial charge is 0.479 e. The first-order valence-corrected chi connectivity index (χ1v) is 5.81. The van der Waals surface area contributed by atoms with Crippen molar-refractivity contribution in [2.75, 3.05) is 6.54 Å². The van der Waals surface area contributed by atoms with Crippen molar-refractivity contribution in [2.45, 2.75) is 12.5 Å². The number of rotatable bonds is 5.